The number of thiophene rings is 1. The molecule has 0 amide bonds. The predicted octanol–water partition coefficient (Wildman–Crippen LogP) is 30.1. The molecular weight excluding hydrogens is 1510 g/mol. The largest absolute Gasteiger partial charge is 0.456 e. The summed E-state index contributed by atoms with van der Waals surface area (Å²) in [5.41, 5.74) is 37.7. The van der Waals surface area contributed by atoms with Crippen LogP contribution in [0, 0.1) is 0 Å². The first-order valence-corrected chi connectivity index (χ1v) is 43.9. The highest BCUT2D eigenvalue weighted by Crippen LogP contribution is 2.61. The van der Waals surface area contributed by atoms with Crippen LogP contribution in [0.25, 0.3) is 147 Å². The Balaban J connectivity index is 0.883. The Morgan fingerprint density at radius 3 is 1.39 bits per heavy atom. The molecule has 4 nitrogen and oxygen atoms in total. The van der Waals surface area contributed by atoms with Gasteiger partial charge in [0.1, 0.15) is 11.2 Å². The molecule has 3 aromatic heterocycles. The lowest BCUT2D eigenvalue weighted by molar-refractivity contribution is 0.590. The summed E-state index contributed by atoms with van der Waals surface area (Å²) < 4.78 is 11.9. The molecule has 6 heteroatoms. The summed E-state index contributed by atoms with van der Waals surface area (Å²) in [6.07, 6.45) is 0. The number of rotatable bonds is 11. The molecule has 0 saturated heterocycles. The van der Waals surface area contributed by atoms with Crippen LogP contribution in [-0.2, 0) is 16.2 Å². The van der Waals surface area contributed by atoms with Gasteiger partial charge in [0.15, 0.2) is 0 Å². The van der Waals surface area contributed by atoms with Crippen molar-refractivity contribution in [2.45, 2.75) is 57.8 Å². The molecule has 0 saturated carbocycles. The SMILES string of the molecule is CC(C)(C)c1cc(-c2ccccc2)c(N2c3ccc(-c4cccc5c4-c4ccccc4C5(c4ccccc4)c4ccccc4)cc3B3c4ccc(-n5c6ccccc6c6c7c(ccc65)sc5ccccc57)cc4N(c4c(-c5ccccc5)cc(C(C)(C)C)cc4-c4ccccc4)c4cc(-c5ccc6oc7ccccc7c6c5)cc2c43)c(-c2ccccc2)c1. The molecule has 5 heterocycles. The molecule has 1 aliphatic carbocycles. The fourth-order valence-corrected chi connectivity index (χ4v) is 22.2. The first kappa shape index (κ1) is 72.5. The Morgan fingerprint density at radius 1 is 0.293 bits per heavy atom. The molecule has 0 atom stereocenters. The van der Waals surface area contributed by atoms with Gasteiger partial charge in [0.05, 0.1) is 27.8 Å². The van der Waals surface area contributed by atoms with Gasteiger partial charge in [0, 0.05) is 92.4 Å². The molecule has 0 radical (unpaired) electrons. The molecule has 582 valence electrons. The van der Waals surface area contributed by atoms with Crippen molar-refractivity contribution in [3.05, 3.63) is 434 Å². The van der Waals surface area contributed by atoms with Crippen molar-refractivity contribution in [2.75, 3.05) is 9.80 Å². The van der Waals surface area contributed by atoms with Gasteiger partial charge in [0.2, 0.25) is 0 Å². The lowest BCUT2D eigenvalue weighted by atomic mass is 9.33. The number of hydrogen-bond acceptors (Lipinski definition) is 4. The van der Waals surface area contributed by atoms with E-state index >= 15 is 0 Å². The number of benzene rings is 18. The Hall–Kier alpha value is -14.6. The zero-order valence-electron chi connectivity index (χ0n) is 69.3. The normalized spacial score (nSPS) is 13.3. The number of nitrogens with zero attached hydrogens (tertiary/aromatic N) is 3. The third-order valence-electron chi connectivity index (χ3n) is 26.7. The van der Waals surface area contributed by atoms with Gasteiger partial charge in [-0.2, -0.15) is 0 Å². The summed E-state index contributed by atoms with van der Waals surface area (Å²) in [5, 5.41) is 7.22. The molecule has 21 aromatic rings. The van der Waals surface area contributed by atoms with E-state index in [1.54, 1.807) is 0 Å². The van der Waals surface area contributed by atoms with Gasteiger partial charge in [-0.15, -0.1) is 11.3 Å². The fraction of sp³-hybridized carbons (Fsp3) is 0.0769. The molecule has 2 aliphatic heterocycles. The maximum atomic E-state index is 6.76. The van der Waals surface area contributed by atoms with E-state index in [2.05, 4.69) is 456 Å². The van der Waals surface area contributed by atoms with Crippen LogP contribution in [0.15, 0.2) is 405 Å². The van der Waals surface area contributed by atoms with Crippen molar-refractivity contribution in [1.29, 1.82) is 0 Å². The number of furan rings is 1. The Morgan fingerprint density at radius 2 is 0.789 bits per heavy atom. The van der Waals surface area contributed by atoms with Gasteiger partial charge < -0.3 is 18.8 Å². The van der Waals surface area contributed by atoms with Crippen LogP contribution in [0.4, 0.5) is 34.1 Å². The Bertz CT molecular complexity index is 7730. The maximum Gasteiger partial charge on any atom is 0.252 e. The minimum absolute atomic E-state index is 0.240. The minimum atomic E-state index is -0.622. The second-order valence-electron chi connectivity index (χ2n) is 35.7. The van der Waals surface area contributed by atoms with Gasteiger partial charge in [-0.3, -0.25) is 0 Å². The van der Waals surface area contributed by atoms with Crippen LogP contribution in [0.3, 0.4) is 0 Å². The average Bonchev–Trinajstić information content (AvgIpc) is 1.66. The molecule has 24 rings (SSSR count). The van der Waals surface area contributed by atoms with Gasteiger partial charge in [-0.25, -0.2) is 0 Å². The summed E-state index contributed by atoms with van der Waals surface area (Å²) in [6.45, 7) is 13.8. The van der Waals surface area contributed by atoms with Gasteiger partial charge in [-0.1, -0.05) is 345 Å². The van der Waals surface area contributed by atoms with Crippen LogP contribution in [0.2, 0.25) is 0 Å². The molecule has 3 aliphatic rings. The summed E-state index contributed by atoms with van der Waals surface area (Å²) >= 11 is 1.88. The van der Waals surface area contributed by atoms with Gasteiger partial charge in [0.25, 0.3) is 6.71 Å². The molecule has 0 fully saturated rings. The van der Waals surface area contributed by atoms with Crippen LogP contribution < -0.4 is 26.2 Å². The van der Waals surface area contributed by atoms with E-state index in [0.717, 1.165) is 134 Å². The Labute approximate surface area is 721 Å². The number of fused-ring (bicyclic) bond motifs is 17. The lowest BCUT2D eigenvalue weighted by Crippen LogP contribution is -2.61. The standard InChI is InChI=1S/C117H84BN3OS/c1-115(2,3)82-68-90(73-34-13-7-14-35-73)113(91(69-82)74-36-15-8-16-37-74)120-100-60-56-78(85-50-33-52-96-109(85)87-47-25-29-51-95(87)117(96,80-42-21-11-22-43-80)81-44-23-12-24-45-81)65-98(100)118-97-59-58-84(119-99-53-30-26-48-88(99)110-101(119)61-63-108-111(110)89-49-28-32-55-107(89)123-108)72-102(97)121(104-67-79(66-103(120)112(104)118)77-57-62-106-94(64-77)86-46-27-31-54-105(86)122-106)114-92(75-38-17-9-18-39-75)70-83(116(4,5)6)71-93(114)76-40-19-10-20-41-76/h7-72H,1-6H3. The van der Waals surface area contributed by atoms with Crippen molar-refractivity contribution in [1.82, 2.24) is 4.57 Å². The van der Waals surface area contributed by atoms with E-state index in [4.69, 9.17) is 4.42 Å². The smallest absolute Gasteiger partial charge is 0.252 e. The van der Waals surface area contributed by atoms with E-state index in [1.807, 2.05) is 11.3 Å². The Kier molecular flexibility index (Phi) is 16.3. The highest BCUT2D eigenvalue weighted by Gasteiger charge is 2.49. The first-order valence-electron chi connectivity index (χ1n) is 43.1. The van der Waals surface area contributed by atoms with Crippen LogP contribution in [0.1, 0.15) is 74.9 Å². The van der Waals surface area contributed by atoms with Crippen molar-refractivity contribution in [3.63, 3.8) is 0 Å². The number of aromatic nitrogens is 1. The summed E-state index contributed by atoms with van der Waals surface area (Å²) in [5.74, 6) is 0. The van der Waals surface area contributed by atoms with E-state index in [0.29, 0.717) is 0 Å². The molecule has 18 aromatic carbocycles. The molecule has 0 N–H and O–H groups in total. The highest BCUT2D eigenvalue weighted by molar-refractivity contribution is 7.26. The first-order chi connectivity index (χ1) is 60.3. The lowest BCUT2D eigenvalue weighted by Gasteiger charge is -2.46. The van der Waals surface area contributed by atoms with Crippen LogP contribution >= 0.6 is 11.3 Å². The predicted molar refractivity (Wildman–Crippen MR) is 522 cm³/mol. The second-order valence-corrected chi connectivity index (χ2v) is 36.8. The molecule has 0 bridgehead atoms. The number of para-hydroxylation sites is 2. The molecule has 123 heavy (non-hydrogen) atoms. The zero-order chi connectivity index (χ0) is 82.1. The van der Waals surface area contributed by atoms with E-state index in [9.17, 15) is 0 Å². The maximum absolute atomic E-state index is 6.76. The van der Waals surface area contributed by atoms with E-state index in [-0.39, 0.29) is 17.5 Å². The second kappa shape index (κ2) is 27.8. The zero-order valence-corrected chi connectivity index (χ0v) is 70.2. The van der Waals surface area contributed by atoms with E-state index in [1.165, 1.54) is 97.4 Å². The average molecular weight is 1590 g/mol. The van der Waals surface area contributed by atoms with Crippen LogP contribution in [-0.4, -0.2) is 11.3 Å². The fourth-order valence-electron chi connectivity index (χ4n) is 21.1. The van der Waals surface area contributed by atoms with Crippen LogP contribution in [0.5, 0.6) is 0 Å². The number of anilines is 6. The third kappa shape index (κ3) is 11.1. The molecular formula is C117H84BN3OS. The highest BCUT2D eigenvalue weighted by atomic mass is 32.1. The summed E-state index contributed by atoms with van der Waals surface area (Å²) in [4.78, 5) is 5.48. The van der Waals surface area contributed by atoms with Crippen molar-refractivity contribution in [2.24, 2.45) is 0 Å². The quantitative estimate of drug-likeness (QED) is 0.121. The molecule has 0 spiro atoms. The topological polar surface area (TPSA) is 24.6 Å². The monoisotopic (exact) mass is 1590 g/mol. The summed E-state index contributed by atoms with van der Waals surface area (Å²) in [7, 11) is 0. The van der Waals surface area contributed by atoms with Crippen molar-refractivity contribution < 1.29 is 4.42 Å². The van der Waals surface area contributed by atoms with Gasteiger partial charge >= 0.3 is 0 Å². The van der Waals surface area contributed by atoms with Crippen molar-refractivity contribution >= 4 is 132 Å². The summed E-state index contributed by atoms with van der Waals surface area (Å²) in [6, 6.07) is 152. The minimum Gasteiger partial charge on any atom is -0.456 e. The van der Waals surface area contributed by atoms with Crippen molar-refractivity contribution in [3.8, 4) is 83.6 Å². The van der Waals surface area contributed by atoms with E-state index < -0.39 is 5.41 Å². The third-order valence-corrected chi connectivity index (χ3v) is 27.9. The van der Waals surface area contributed by atoms with Gasteiger partial charge in [-0.05, 0) is 213 Å². The molecule has 0 unspecified atom stereocenters. The number of hydrogen-bond donors (Lipinski definition) is 0.